The minimum atomic E-state index is -0.307. The first-order valence-corrected chi connectivity index (χ1v) is 12.5. The van der Waals surface area contributed by atoms with E-state index in [4.69, 9.17) is 5.41 Å². The quantitative estimate of drug-likeness (QED) is 0.535. The summed E-state index contributed by atoms with van der Waals surface area (Å²) in [7, 11) is 0. The van der Waals surface area contributed by atoms with Gasteiger partial charge in [0.1, 0.15) is 0 Å². The number of Topliss-reactive ketones (excluding diaryl/α,β-unsaturated/α-hetero) is 1. The van der Waals surface area contributed by atoms with Crippen LogP contribution in [-0.4, -0.2) is 11.5 Å². The molecule has 31 heavy (non-hydrogen) atoms. The first-order valence-electron chi connectivity index (χ1n) is 12.5. The van der Waals surface area contributed by atoms with E-state index >= 15 is 0 Å². The van der Waals surface area contributed by atoms with Crippen molar-refractivity contribution < 1.29 is 4.79 Å². The molecule has 0 amide bonds. The average molecular weight is 418 g/mol. The number of allylic oxidation sites excluding steroid dienone is 4. The van der Waals surface area contributed by atoms with Crippen molar-refractivity contribution in [3.63, 3.8) is 0 Å². The lowest BCUT2D eigenvalue weighted by Gasteiger charge is -2.33. The van der Waals surface area contributed by atoms with Crippen LogP contribution in [-0.2, 0) is 4.79 Å². The molecule has 1 N–H and O–H groups in total. The molecule has 2 nitrogen and oxygen atoms in total. The third-order valence-electron chi connectivity index (χ3n) is 8.29. The largest absolute Gasteiger partial charge is 0.304 e. The lowest BCUT2D eigenvalue weighted by molar-refractivity contribution is -0.116. The minimum absolute atomic E-state index is 0.135. The molecule has 166 valence electrons. The van der Waals surface area contributed by atoms with Crippen molar-refractivity contribution in [2.45, 2.75) is 85.5 Å². The molecule has 3 aliphatic rings. The van der Waals surface area contributed by atoms with E-state index < -0.39 is 0 Å². The molecule has 2 heteroatoms. The first kappa shape index (κ1) is 22.2. The van der Waals surface area contributed by atoms with Crippen molar-refractivity contribution in [2.75, 3.05) is 0 Å². The summed E-state index contributed by atoms with van der Waals surface area (Å²) in [5.74, 6) is 2.39. The number of rotatable bonds is 4. The molecular formula is C29H39NO. The van der Waals surface area contributed by atoms with Gasteiger partial charge in [0, 0.05) is 11.1 Å². The molecule has 1 aromatic rings. The fourth-order valence-corrected chi connectivity index (χ4v) is 6.30. The Morgan fingerprint density at radius 1 is 1.00 bits per heavy atom. The van der Waals surface area contributed by atoms with Gasteiger partial charge in [0.15, 0.2) is 5.78 Å². The summed E-state index contributed by atoms with van der Waals surface area (Å²) >= 11 is 0. The zero-order valence-corrected chi connectivity index (χ0v) is 19.9. The maximum atomic E-state index is 12.8. The van der Waals surface area contributed by atoms with Gasteiger partial charge >= 0.3 is 0 Å². The lowest BCUT2D eigenvalue weighted by Crippen LogP contribution is -2.19. The van der Waals surface area contributed by atoms with Crippen molar-refractivity contribution in [1.82, 2.24) is 0 Å². The predicted octanol–water partition coefficient (Wildman–Crippen LogP) is 7.71. The summed E-state index contributed by atoms with van der Waals surface area (Å²) in [6.45, 7) is 8.41. The van der Waals surface area contributed by atoms with Gasteiger partial charge in [0.2, 0.25) is 0 Å². The zero-order valence-electron chi connectivity index (χ0n) is 19.9. The number of aryl methyl sites for hydroxylation is 1. The second-order valence-corrected chi connectivity index (χ2v) is 10.6. The van der Waals surface area contributed by atoms with Gasteiger partial charge in [-0.2, -0.15) is 0 Å². The van der Waals surface area contributed by atoms with E-state index in [9.17, 15) is 4.79 Å². The Hall–Kier alpha value is -1.96. The van der Waals surface area contributed by atoms with Crippen molar-refractivity contribution >= 4 is 17.1 Å². The molecule has 2 fully saturated rings. The van der Waals surface area contributed by atoms with Crippen LogP contribution in [0.3, 0.4) is 0 Å². The average Bonchev–Trinajstić information content (AvgIpc) is 2.95. The zero-order chi connectivity index (χ0) is 22.1. The highest BCUT2D eigenvalue weighted by Crippen LogP contribution is 2.45. The van der Waals surface area contributed by atoms with Crippen molar-refractivity contribution in [3.05, 3.63) is 52.1 Å². The number of hydrogen-bond donors (Lipinski definition) is 1. The molecule has 0 saturated heterocycles. The van der Waals surface area contributed by atoms with Gasteiger partial charge in [-0.3, -0.25) is 4.79 Å². The molecule has 0 aromatic heterocycles. The fraction of sp³-hybridized carbons (Fsp3) is 0.586. The monoisotopic (exact) mass is 417 g/mol. The van der Waals surface area contributed by atoms with E-state index in [1.54, 1.807) is 0 Å². The van der Waals surface area contributed by atoms with Crippen LogP contribution in [0.2, 0.25) is 0 Å². The van der Waals surface area contributed by atoms with Crippen LogP contribution in [0.1, 0.15) is 89.7 Å². The topological polar surface area (TPSA) is 40.9 Å². The molecule has 2 unspecified atom stereocenters. The van der Waals surface area contributed by atoms with Crippen LogP contribution in [0, 0.1) is 36.0 Å². The molecule has 2 saturated carbocycles. The van der Waals surface area contributed by atoms with Crippen molar-refractivity contribution in [3.8, 4) is 0 Å². The highest BCUT2D eigenvalue weighted by molar-refractivity contribution is 6.31. The normalized spacial score (nSPS) is 31.4. The second-order valence-electron chi connectivity index (χ2n) is 10.6. The number of ketones is 1. The Bertz CT molecular complexity index is 926. The molecule has 4 rings (SSSR count). The Morgan fingerprint density at radius 2 is 1.71 bits per heavy atom. The van der Waals surface area contributed by atoms with Crippen LogP contribution in [0.4, 0.5) is 0 Å². The maximum absolute atomic E-state index is 12.8. The van der Waals surface area contributed by atoms with E-state index in [0.29, 0.717) is 5.71 Å². The molecule has 0 heterocycles. The smallest absolute Gasteiger partial charge is 0.167 e. The number of hydrogen-bond acceptors (Lipinski definition) is 2. The predicted molar refractivity (Wildman–Crippen MR) is 130 cm³/mol. The van der Waals surface area contributed by atoms with E-state index in [0.717, 1.165) is 41.7 Å². The standard InChI is InChI=1S/C29H39NO/c1-18-12-14-22(15-13-18)16-23-9-7-10-24(17-23)27(25-11-6-5-8-19(25)2)26-20(3)29(31)21(4)28(26)30/h5-6,8,11,18,21-23,30H,7,9-10,12-17H2,1-4H3/b27-24-,30-28?. The highest BCUT2D eigenvalue weighted by atomic mass is 16.1. The van der Waals surface area contributed by atoms with Crippen LogP contribution < -0.4 is 0 Å². The van der Waals surface area contributed by atoms with Crippen molar-refractivity contribution in [1.29, 1.82) is 5.41 Å². The summed E-state index contributed by atoms with van der Waals surface area (Å²) < 4.78 is 0. The molecule has 0 aliphatic heterocycles. The van der Waals surface area contributed by atoms with Gasteiger partial charge in [-0.15, -0.1) is 0 Å². The Kier molecular flexibility index (Phi) is 6.65. The van der Waals surface area contributed by atoms with Crippen LogP contribution >= 0.6 is 0 Å². The van der Waals surface area contributed by atoms with Gasteiger partial charge in [-0.1, -0.05) is 62.4 Å². The Balaban J connectivity index is 1.70. The van der Waals surface area contributed by atoms with Gasteiger partial charge in [-0.25, -0.2) is 0 Å². The first-order chi connectivity index (χ1) is 14.9. The van der Waals surface area contributed by atoms with Gasteiger partial charge in [0.25, 0.3) is 0 Å². The van der Waals surface area contributed by atoms with Crippen molar-refractivity contribution in [2.24, 2.45) is 23.7 Å². The molecule has 2 atom stereocenters. The molecule has 1 aromatic carbocycles. The van der Waals surface area contributed by atoms with Crippen LogP contribution in [0.25, 0.3) is 5.57 Å². The van der Waals surface area contributed by atoms with Crippen LogP contribution in [0.15, 0.2) is 41.0 Å². The summed E-state index contributed by atoms with van der Waals surface area (Å²) in [5, 5.41) is 8.80. The Morgan fingerprint density at radius 3 is 2.35 bits per heavy atom. The summed E-state index contributed by atoms with van der Waals surface area (Å²) in [6.07, 6.45) is 11.8. The SMILES string of the molecule is CC1=C(/C(=C2/CCCC(CC3CCC(C)CC3)C2)c2ccccc2C)C(=N)C(C)C1=O. The Labute approximate surface area is 188 Å². The van der Waals surface area contributed by atoms with E-state index in [1.165, 1.54) is 67.2 Å². The number of carbonyl (C=O) groups excluding carboxylic acids is 1. The number of nitrogens with one attached hydrogen (secondary N) is 1. The molecule has 0 spiro atoms. The van der Waals surface area contributed by atoms with Gasteiger partial charge in [0.05, 0.1) is 11.6 Å². The summed E-state index contributed by atoms with van der Waals surface area (Å²) in [4.78, 5) is 12.8. The summed E-state index contributed by atoms with van der Waals surface area (Å²) in [6, 6.07) is 8.56. The van der Waals surface area contributed by atoms with Crippen LogP contribution in [0.5, 0.6) is 0 Å². The summed E-state index contributed by atoms with van der Waals surface area (Å²) in [5.41, 5.74) is 7.45. The molecule has 3 aliphatic carbocycles. The third-order valence-corrected chi connectivity index (χ3v) is 8.29. The van der Waals surface area contributed by atoms with Gasteiger partial charge < -0.3 is 5.41 Å². The molecule has 0 radical (unpaired) electrons. The van der Waals surface area contributed by atoms with E-state index in [-0.39, 0.29) is 11.7 Å². The number of carbonyl (C=O) groups is 1. The highest BCUT2D eigenvalue weighted by Gasteiger charge is 2.36. The third kappa shape index (κ3) is 4.49. The maximum Gasteiger partial charge on any atom is 0.167 e. The fourth-order valence-electron chi connectivity index (χ4n) is 6.30. The van der Waals surface area contributed by atoms with Gasteiger partial charge in [-0.05, 0) is 87.3 Å². The molecule has 0 bridgehead atoms. The second kappa shape index (κ2) is 9.27. The van der Waals surface area contributed by atoms with E-state index in [1.807, 2.05) is 13.8 Å². The lowest BCUT2D eigenvalue weighted by atomic mass is 9.72. The molecular weight excluding hydrogens is 378 g/mol. The minimum Gasteiger partial charge on any atom is -0.304 e. The number of benzene rings is 1. The van der Waals surface area contributed by atoms with E-state index in [2.05, 4.69) is 38.1 Å².